The van der Waals surface area contributed by atoms with E-state index in [9.17, 15) is 27.5 Å². The largest absolute Gasteiger partial charge is 0.496 e. The maximum atomic E-state index is 15.4. The number of amides is 1. The number of carbonyl (C=O) groups excluding carboxylic acids is 1. The minimum absolute atomic E-state index is 0.0689. The van der Waals surface area contributed by atoms with Gasteiger partial charge in [0.15, 0.2) is 5.82 Å². The van der Waals surface area contributed by atoms with Crippen molar-refractivity contribution in [2.75, 3.05) is 43.5 Å². The standard InChI is InChI=1S/C29H27F5N8O3/c1-45-22-8-16(27(44)41-14-29(33,34)15-41)7-20(30)25(22)26-35-5-4-23(39-26)38-24-9-21(40-6-2-3-18(43)13-40)19(11-36-24)17-10-37-42(12-17)28(31)32/h4-5,7-12,18,28,43H,2-3,6,13-15H2,1H3,(H,35,36,38,39)/t18-/m0/s1. The number of rotatable bonds is 8. The molecule has 1 aromatic carbocycles. The lowest BCUT2D eigenvalue weighted by atomic mass is 10.0. The molecule has 16 heteroatoms. The number of aliphatic hydroxyl groups excluding tert-OH is 1. The summed E-state index contributed by atoms with van der Waals surface area (Å²) in [7, 11) is 1.27. The van der Waals surface area contributed by atoms with Crippen LogP contribution in [0.15, 0.2) is 49.1 Å². The first-order chi connectivity index (χ1) is 21.5. The van der Waals surface area contributed by atoms with Crippen molar-refractivity contribution in [3.05, 3.63) is 60.4 Å². The zero-order valence-corrected chi connectivity index (χ0v) is 23.8. The quantitative estimate of drug-likeness (QED) is 0.266. The van der Waals surface area contributed by atoms with Crippen molar-refractivity contribution < 1.29 is 36.6 Å². The highest BCUT2D eigenvalue weighted by Crippen LogP contribution is 2.37. The number of piperidine rings is 1. The third kappa shape index (κ3) is 6.22. The maximum Gasteiger partial charge on any atom is 0.333 e. The number of anilines is 3. The summed E-state index contributed by atoms with van der Waals surface area (Å²) in [5.74, 6) is -4.23. The number of β-amino-alcohol motifs (C(OH)–C–C–N with tert-alkyl or cyclic N) is 1. The Hall–Kier alpha value is -4.86. The van der Waals surface area contributed by atoms with Gasteiger partial charge in [0.05, 0.1) is 43.8 Å². The minimum atomic E-state index is -2.97. The van der Waals surface area contributed by atoms with Crippen LogP contribution >= 0.6 is 0 Å². The van der Waals surface area contributed by atoms with E-state index in [-0.39, 0.29) is 28.5 Å². The minimum Gasteiger partial charge on any atom is -0.496 e. The third-order valence-electron chi connectivity index (χ3n) is 7.52. The molecule has 3 aromatic heterocycles. The number of ether oxygens (including phenoxy) is 1. The Morgan fingerprint density at radius 2 is 1.96 bits per heavy atom. The predicted molar refractivity (Wildman–Crippen MR) is 152 cm³/mol. The number of pyridine rings is 1. The summed E-state index contributed by atoms with van der Waals surface area (Å²) in [4.78, 5) is 28.4. The number of hydrogen-bond acceptors (Lipinski definition) is 9. The van der Waals surface area contributed by atoms with E-state index in [4.69, 9.17) is 4.74 Å². The Balaban J connectivity index is 1.29. The summed E-state index contributed by atoms with van der Waals surface area (Å²) >= 11 is 0. The average Bonchev–Trinajstić information content (AvgIpc) is 3.50. The van der Waals surface area contributed by atoms with Crippen molar-refractivity contribution in [1.82, 2.24) is 29.6 Å². The van der Waals surface area contributed by atoms with Crippen molar-refractivity contribution in [3.63, 3.8) is 0 Å². The average molecular weight is 631 g/mol. The van der Waals surface area contributed by atoms with E-state index >= 15 is 4.39 Å². The number of benzene rings is 1. The number of nitrogens with one attached hydrogen (secondary N) is 1. The van der Waals surface area contributed by atoms with E-state index in [1.54, 1.807) is 6.07 Å². The number of halogens is 5. The number of nitrogens with zero attached hydrogens (tertiary/aromatic N) is 7. The molecule has 0 radical (unpaired) electrons. The molecule has 2 fully saturated rings. The van der Waals surface area contributed by atoms with E-state index in [0.717, 1.165) is 17.4 Å². The van der Waals surface area contributed by atoms with Gasteiger partial charge in [0.2, 0.25) is 0 Å². The van der Waals surface area contributed by atoms with Gasteiger partial charge >= 0.3 is 6.55 Å². The van der Waals surface area contributed by atoms with Crippen molar-refractivity contribution in [3.8, 4) is 28.3 Å². The Labute approximate surface area is 253 Å². The highest BCUT2D eigenvalue weighted by atomic mass is 19.3. The van der Waals surface area contributed by atoms with Gasteiger partial charge in [-0.25, -0.2) is 32.8 Å². The summed E-state index contributed by atoms with van der Waals surface area (Å²) in [6, 6.07) is 5.38. The molecule has 1 atom stereocenters. The van der Waals surface area contributed by atoms with Crippen molar-refractivity contribution in [2.24, 2.45) is 0 Å². The molecule has 0 spiro atoms. The Bertz CT molecular complexity index is 1730. The number of aromatic nitrogens is 5. The molecular weight excluding hydrogens is 603 g/mol. The van der Waals surface area contributed by atoms with Crippen LogP contribution in [0.4, 0.5) is 39.3 Å². The van der Waals surface area contributed by atoms with Gasteiger partial charge < -0.3 is 25.0 Å². The van der Waals surface area contributed by atoms with Crippen LogP contribution in [0.25, 0.3) is 22.5 Å². The topological polar surface area (TPSA) is 122 Å². The molecule has 2 N–H and O–H groups in total. The van der Waals surface area contributed by atoms with Gasteiger partial charge in [0.25, 0.3) is 11.8 Å². The molecule has 5 heterocycles. The lowest BCUT2D eigenvalue weighted by molar-refractivity contribution is -0.113. The molecule has 2 aliphatic heterocycles. The summed E-state index contributed by atoms with van der Waals surface area (Å²) < 4.78 is 74.2. The summed E-state index contributed by atoms with van der Waals surface area (Å²) in [5, 5.41) is 17.1. The van der Waals surface area contributed by atoms with Gasteiger partial charge in [-0.3, -0.25) is 4.79 Å². The molecule has 2 saturated heterocycles. The predicted octanol–water partition coefficient (Wildman–Crippen LogP) is 4.74. The van der Waals surface area contributed by atoms with Crippen LogP contribution in [0.3, 0.4) is 0 Å². The monoisotopic (exact) mass is 630 g/mol. The lowest BCUT2D eigenvalue weighted by Gasteiger charge is -2.38. The Morgan fingerprint density at radius 3 is 2.64 bits per heavy atom. The molecule has 11 nitrogen and oxygen atoms in total. The number of methoxy groups -OCH3 is 1. The second-order valence-electron chi connectivity index (χ2n) is 10.8. The van der Waals surface area contributed by atoms with E-state index < -0.39 is 43.4 Å². The summed E-state index contributed by atoms with van der Waals surface area (Å²) in [6.07, 6.45) is 6.20. The molecule has 236 valence electrons. The Kier molecular flexibility index (Phi) is 7.99. The van der Waals surface area contributed by atoms with E-state index in [2.05, 4.69) is 25.4 Å². The smallest absolute Gasteiger partial charge is 0.333 e. The lowest BCUT2D eigenvalue weighted by Crippen LogP contribution is -2.58. The van der Waals surface area contributed by atoms with Crippen molar-refractivity contribution in [1.29, 1.82) is 0 Å². The second kappa shape index (κ2) is 11.9. The zero-order chi connectivity index (χ0) is 31.9. The first kappa shape index (κ1) is 30.2. The van der Waals surface area contributed by atoms with Crippen molar-refractivity contribution >= 4 is 23.2 Å². The fourth-order valence-corrected chi connectivity index (χ4v) is 5.36. The number of alkyl halides is 4. The van der Waals surface area contributed by atoms with Gasteiger partial charge in [-0.15, -0.1) is 0 Å². The highest BCUT2D eigenvalue weighted by Gasteiger charge is 2.46. The van der Waals surface area contributed by atoms with Crippen LogP contribution in [0.5, 0.6) is 5.75 Å². The van der Waals surface area contributed by atoms with Crippen LogP contribution in [0, 0.1) is 5.82 Å². The molecule has 4 aromatic rings. The third-order valence-corrected chi connectivity index (χ3v) is 7.52. The molecule has 45 heavy (non-hydrogen) atoms. The SMILES string of the molecule is COc1cc(C(=O)N2CC(F)(F)C2)cc(F)c1-c1nccc(Nc2cc(N3CCC[C@H](O)C3)c(-c3cnn(C(F)F)c3)cn2)n1. The fourth-order valence-electron chi connectivity index (χ4n) is 5.36. The molecule has 0 unspecified atom stereocenters. The molecule has 6 rings (SSSR count). The number of hydrogen-bond donors (Lipinski definition) is 2. The Morgan fingerprint density at radius 1 is 1.16 bits per heavy atom. The van der Waals surface area contributed by atoms with Crippen LogP contribution in [0.1, 0.15) is 29.7 Å². The number of aliphatic hydroxyl groups is 1. The van der Waals surface area contributed by atoms with Gasteiger partial charge in [-0.1, -0.05) is 0 Å². The van der Waals surface area contributed by atoms with E-state index in [0.29, 0.717) is 46.8 Å². The van der Waals surface area contributed by atoms with Gasteiger partial charge in [0, 0.05) is 54.4 Å². The van der Waals surface area contributed by atoms with Crippen molar-refractivity contribution in [2.45, 2.75) is 31.4 Å². The normalized spacial score (nSPS) is 17.7. The first-order valence-electron chi connectivity index (χ1n) is 13.9. The number of carbonyl (C=O) groups is 1. The van der Waals surface area contributed by atoms with Gasteiger partial charge in [-0.2, -0.15) is 13.9 Å². The summed E-state index contributed by atoms with van der Waals surface area (Å²) in [5.41, 5.74) is 1.28. The van der Waals surface area contributed by atoms with Crippen LogP contribution in [-0.2, 0) is 0 Å². The maximum absolute atomic E-state index is 15.4. The van der Waals surface area contributed by atoms with Gasteiger partial charge in [-0.05, 0) is 31.0 Å². The molecule has 0 saturated carbocycles. The molecule has 0 aliphatic carbocycles. The zero-order valence-electron chi connectivity index (χ0n) is 23.8. The summed E-state index contributed by atoms with van der Waals surface area (Å²) in [6.45, 7) is -3.36. The van der Waals surface area contributed by atoms with E-state index in [1.165, 1.54) is 44.0 Å². The molecular formula is C29H27F5N8O3. The first-order valence-corrected chi connectivity index (χ1v) is 13.9. The van der Waals surface area contributed by atoms with Crippen LogP contribution in [0.2, 0.25) is 0 Å². The fraction of sp³-hybridized carbons (Fsp3) is 0.345. The van der Waals surface area contributed by atoms with Gasteiger partial charge in [0.1, 0.15) is 23.2 Å². The van der Waals surface area contributed by atoms with Crippen LogP contribution in [-0.4, -0.2) is 86.0 Å². The molecule has 2 aliphatic rings. The number of likely N-dealkylation sites (tertiary alicyclic amines) is 1. The second-order valence-corrected chi connectivity index (χ2v) is 10.8. The molecule has 1 amide bonds. The molecule has 0 bridgehead atoms. The van der Waals surface area contributed by atoms with Crippen LogP contribution < -0.4 is 15.0 Å². The van der Waals surface area contributed by atoms with E-state index in [1.807, 2.05) is 4.90 Å². The highest BCUT2D eigenvalue weighted by molar-refractivity contribution is 5.96.